The standard InChI is InChI=1S/C10H20N2/c1-3-12-7-9-4-10(8-12)6-11(2)5-9/h9-10H,3-8H2,1-2H3. The maximum Gasteiger partial charge on any atom is 0.00220 e. The number of rotatable bonds is 1. The maximum absolute atomic E-state index is 2.62. The minimum absolute atomic E-state index is 0.961. The molecule has 0 N–H and O–H groups in total. The van der Waals surface area contributed by atoms with Gasteiger partial charge in [0.05, 0.1) is 0 Å². The molecule has 2 heterocycles. The third-order valence-corrected chi connectivity index (χ3v) is 3.29. The molecule has 0 aromatic carbocycles. The third kappa shape index (κ3) is 1.64. The first-order valence-corrected chi connectivity index (χ1v) is 5.18. The smallest absolute Gasteiger partial charge is 0.00220 e. The Labute approximate surface area is 75.5 Å². The molecular formula is C10H20N2. The second kappa shape index (κ2) is 3.35. The van der Waals surface area contributed by atoms with Crippen molar-refractivity contribution in [3.05, 3.63) is 0 Å². The molecule has 2 heteroatoms. The van der Waals surface area contributed by atoms with Crippen molar-refractivity contribution in [2.45, 2.75) is 13.3 Å². The van der Waals surface area contributed by atoms with E-state index in [4.69, 9.17) is 0 Å². The summed E-state index contributed by atoms with van der Waals surface area (Å²) in [6.07, 6.45) is 1.49. The topological polar surface area (TPSA) is 6.48 Å². The van der Waals surface area contributed by atoms with Gasteiger partial charge in [0.2, 0.25) is 0 Å². The first-order chi connectivity index (χ1) is 5.78. The monoisotopic (exact) mass is 168 g/mol. The minimum atomic E-state index is 0.961. The Morgan fingerprint density at radius 1 is 1.08 bits per heavy atom. The number of hydrogen-bond donors (Lipinski definition) is 0. The number of hydrogen-bond acceptors (Lipinski definition) is 2. The molecule has 2 bridgehead atoms. The molecule has 2 saturated heterocycles. The highest BCUT2D eigenvalue weighted by Gasteiger charge is 2.31. The van der Waals surface area contributed by atoms with Gasteiger partial charge in [0.15, 0.2) is 0 Å². The molecule has 0 aliphatic carbocycles. The lowest BCUT2D eigenvalue weighted by molar-refractivity contribution is 0.0461. The molecule has 12 heavy (non-hydrogen) atoms. The first-order valence-electron chi connectivity index (χ1n) is 5.18. The van der Waals surface area contributed by atoms with Crippen LogP contribution in [0.4, 0.5) is 0 Å². The van der Waals surface area contributed by atoms with Crippen LogP contribution in [0.15, 0.2) is 0 Å². The summed E-state index contributed by atoms with van der Waals surface area (Å²) in [5, 5.41) is 0. The molecule has 2 atom stereocenters. The minimum Gasteiger partial charge on any atom is -0.306 e. The number of nitrogens with zero attached hydrogens (tertiary/aromatic N) is 2. The second-order valence-corrected chi connectivity index (χ2v) is 4.54. The van der Waals surface area contributed by atoms with Crippen molar-refractivity contribution < 1.29 is 0 Å². The highest BCUT2D eigenvalue weighted by Crippen LogP contribution is 2.27. The summed E-state index contributed by atoms with van der Waals surface area (Å²) >= 11 is 0. The van der Waals surface area contributed by atoms with Crippen molar-refractivity contribution in [3.63, 3.8) is 0 Å². The van der Waals surface area contributed by atoms with E-state index in [0.29, 0.717) is 0 Å². The zero-order valence-corrected chi connectivity index (χ0v) is 8.29. The van der Waals surface area contributed by atoms with Crippen LogP contribution in [0, 0.1) is 11.8 Å². The van der Waals surface area contributed by atoms with E-state index in [-0.39, 0.29) is 0 Å². The van der Waals surface area contributed by atoms with Crippen LogP contribution < -0.4 is 0 Å². The van der Waals surface area contributed by atoms with Gasteiger partial charge in [0.25, 0.3) is 0 Å². The van der Waals surface area contributed by atoms with Gasteiger partial charge in [-0.2, -0.15) is 0 Å². The Bertz CT molecular complexity index is 140. The summed E-state index contributed by atoms with van der Waals surface area (Å²) in [7, 11) is 2.26. The molecule has 2 rings (SSSR count). The van der Waals surface area contributed by atoms with E-state index in [0.717, 1.165) is 11.8 Å². The fraction of sp³-hybridized carbons (Fsp3) is 1.00. The molecule has 0 spiro atoms. The quantitative estimate of drug-likeness (QED) is 0.574. The fourth-order valence-electron chi connectivity index (χ4n) is 2.90. The summed E-state index contributed by atoms with van der Waals surface area (Å²) in [5.74, 6) is 1.92. The van der Waals surface area contributed by atoms with Crippen molar-refractivity contribution in [2.75, 3.05) is 39.8 Å². The second-order valence-electron chi connectivity index (χ2n) is 4.54. The van der Waals surface area contributed by atoms with Crippen LogP contribution in [0.1, 0.15) is 13.3 Å². The number of piperidine rings is 2. The van der Waals surface area contributed by atoms with Gasteiger partial charge in [0, 0.05) is 26.2 Å². The fourth-order valence-corrected chi connectivity index (χ4v) is 2.90. The molecule has 0 aromatic heterocycles. The molecule has 70 valence electrons. The van der Waals surface area contributed by atoms with Crippen molar-refractivity contribution in [3.8, 4) is 0 Å². The summed E-state index contributed by atoms with van der Waals surface area (Å²) in [4.78, 5) is 5.12. The molecule has 2 aliphatic rings. The number of likely N-dealkylation sites (tertiary alicyclic amines) is 2. The number of fused-ring (bicyclic) bond motifs is 2. The first kappa shape index (κ1) is 8.52. The summed E-state index contributed by atoms with van der Waals surface area (Å²) in [6.45, 7) is 8.87. The van der Waals surface area contributed by atoms with Crippen LogP contribution in [-0.2, 0) is 0 Å². The molecule has 2 unspecified atom stereocenters. The lowest BCUT2D eigenvalue weighted by Gasteiger charge is -2.44. The molecule has 0 saturated carbocycles. The van der Waals surface area contributed by atoms with Gasteiger partial charge in [-0.15, -0.1) is 0 Å². The van der Waals surface area contributed by atoms with E-state index in [1.54, 1.807) is 0 Å². The van der Waals surface area contributed by atoms with Crippen LogP contribution in [0.2, 0.25) is 0 Å². The predicted octanol–water partition coefficient (Wildman–Crippen LogP) is 0.890. The average Bonchev–Trinajstić information content (AvgIpc) is 2.02. The summed E-state index contributed by atoms with van der Waals surface area (Å²) < 4.78 is 0. The molecule has 2 fully saturated rings. The Morgan fingerprint density at radius 2 is 1.67 bits per heavy atom. The molecule has 0 amide bonds. The molecule has 2 nitrogen and oxygen atoms in total. The van der Waals surface area contributed by atoms with Crippen molar-refractivity contribution in [1.29, 1.82) is 0 Å². The van der Waals surface area contributed by atoms with Crippen LogP contribution >= 0.6 is 0 Å². The van der Waals surface area contributed by atoms with E-state index in [1.165, 1.54) is 39.1 Å². The van der Waals surface area contributed by atoms with E-state index in [2.05, 4.69) is 23.8 Å². The zero-order chi connectivity index (χ0) is 8.55. The lowest BCUT2D eigenvalue weighted by Crippen LogP contribution is -2.51. The molecule has 0 radical (unpaired) electrons. The van der Waals surface area contributed by atoms with E-state index in [1.807, 2.05) is 0 Å². The van der Waals surface area contributed by atoms with E-state index in [9.17, 15) is 0 Å². The third-order valence-electron chi connectivity index (χ3n) is 3.29. The summed E-state index contributed by atoms with van der Waals surface area (Å²) in [6, 6.07) is 0. The highest BCUT2D eigenvalue weighted by atomic mass is 15.2. The predicted molar refractivity (Wildman–Crippen MR) is 51.2 cm³/mol. The van der Waals surface area contributed by atoms with Crippen LogP contribution in [0.3, 0.4) is 0 Å². The normalized spacial score (nSPS) is 38.5. The van der Waals surface area contributed by atoms with Crippen molar-refractivity contribution >= 4 is 0 Å². The van der Waals surface area contributed by atoms with Gasteiger partial charge in [0.1, 0.15) is 0 Å². The Kier molecular flexibility index (Phi) is 2.37. The van der Waals surface area contributed by atoms with Gasteiger partial charge in [-0.25, -0.2) is 0 Å². The molecule has 2 aliphatic heterocycles. The van der Waals surface area contributed by atoms with Crippen molar-refractivity contribution in [1.82, 2.24) is 9.80 Å². The van der Waals surface area contributed by atoms with E-state index >= 15 is 0 Å². The van der Waals surface area contributed by atoms with E-state index < -0.39 is 0 Å². The highest BCUT2D eigenvalue weighted by molar-refractivity contribution is 4.85. The van der Waals surface area contributed by atoms with Gasteiger partial charge >= 0.3 is 0 Å². The molecular weight excluding hydrogens is 148 g/mol. The van der Waals surface area contributed by atoms with Crippen molar-refractivity contribution in [2.24, 2.45) is 11.8 Å². The zero-order valence-electron chi connectivity index (χ0n) is 8.29. The molecule has 0 aromatic rings. The van der Waals surface area contributed by atoms with Crippen LogP contribution in [-0.4, -0.2) is 49.6 Å². The Hall–Kier alpha value is -0.0800. The largest absolute Gasteiger partial charge is 0.306 e. The summed E-state index contributed by atoms with van der Waals surface area (Å²) in [5.41, 5.74) is 0. The average molecular weight is 168 g/mol. The van der Waals surface area contributed by atoms with Crippen LogP contribution in [0.25, 0.3) is 0 Å². The Morgan fingerprint density at radius 3 is 2.17 bits per heavy atom. The van der Waals surface area contributed by atoms with Crippen LogP contribution in [0.5, 0.6) is 0 Å². The lowest BCUT2D eigenvalue weighted by atomic mass is 9.85. The van der Waals surface area contributed by atoms with Gasteiger partial charge in [-0.3, -0.25) is 0 Å². The SMILES string of the molecule is CCN1CC2CC(CN(C)C2)C1. The maximum atomic E-state index is 2.62. The van der Waals surface area contributed by atoms with Gasteiger partial charge in [-0.05, 0) is 31.8 Å². The Balaban J connectivity index is 1.96. The van der Waals surface area contributed by atoms with Gasteiger partial charge < -0.3 is 9.80 Å². The van der Waals surface area contributed by atoms with Gasteiger partial charge in [-0.1, -0.05) is 6.92 Å².